The predicted octanol–water partition coefficient (Wildman–Crippen LogP) is 5.41. The lowest BCUT2D eigenvalue weighted by Crippen LogP contribution is -1.96. The van der Waals surface area contributed by atoms with Crippen LogP contribution >= 0.6 is 0 Å². The van der Waals surface area contributed by atoms with E-state index in [1.54, 1.807) is 42.7 Å². The Morgan fingerprint density at radius 2 is 1.03 bits per heavy atom. The molecule has 6 nitrogen and oxygen atoms in total. The van der Waals surface area contributed by atoms with Crippen LogP contribution in [0.1, 0.15) is 31.4 Å². The molecule has 0 atom stereocenters. The Labute approximate surface area is 180 Å². The Kier molecular flexibility index (Phi) is 11.0. The maximum absolute atomic E-state index is 5.30. The van der Waals surface area contributed by atoms with Crippen molar-refractivity contribution in [3.8, 4) is 34.5 Å². The van der Waals surface area contributed by atoms with Crippen LogP contribution in [-0.2, 0) is 6.42 Å². The second kappa shape index (κ2) is 13.2. The Morgan fingerprint density at radius 1 is 0.600 bits per heavy atom. The number of rotatable bonds is 9. The first-order chi connectivity index (χ1) is 14.5. The third-order valence-electron chi connectivity index (χ3n) is 4.39. The van der Waals surface area contributed by atoms with Gasteiger partial charge in [0.25, 0.3) is 0 Å². The Bertz CT molecular complexity index is 814. The number of hydrogen-bond acceptors (Lipinski definition) is 6. The minimum atomic E-state index is 0.669. The molecule has 0 amide bonds. The van der Waals surface area contributed by atoms with Gasteiger partial charge >= 0.3 is 0 Å². The Morgan fingerprint density at radius 3 is 1.47 bits per heavy atom. The lowest BCUT2D eigenvalue weighted by atomic mass is 10.1. The maximum Gasteiger partial charge on any atom is 0.164 e. The maximum atomic E-state index is 5.30. The van der Waals surface area contributed by atoms with Gasteiger partial charge in [-0.25, -0.2) is 0 Å². The van der Waals surface area contributed by atoms with Crippen molar-refractivity contribution in [2.75, 3.05) is 42.7 Å². The summed E-state index contributed by atoms with van der Waals surface area (Å²) >= 11 is 0. The average Bonchev–Trinajstić information content (AvgIpc) is 2.79. The lowest BCUT2D eigenvalue weighted by Gasteiger charge is -2.13. The van der Waals surface area contributed by atoms with Crippen molar-refractivity contribution in [2.24, 2.45) is 0 Å². The SMILES string of the molecule is C/C=C\c1cc(OC)c(OC)cc1OC.CCCc1cc(OC)c(OC)cc1OC. The lowest BCUT2D eigenvalue weighted by molar-refractivity contribution is 0.347. The summed E-state index contributed by atoms with van der Waals surface area (Å²) in [4.78, 5) is 0. The summed E-state index contributed by atoms with van der Waals surface area (Å²) in [7, 11) is 9.78. The molecule has 166 valence electrons. The zero-order valence-electron chi connectivity index (χ0n) is 19.3. The third kappa shape index (κ3) is 6.51. The van der Waals surface area contributed by atoms with E-state index in [0.29, 0.717) is 17.2 Å². The summed E-state index contributed by atoms with van der Waals surface area (Å²) in [5.41, 5.74) is 2.12. The van der Waals surface area contributed by atoms with Gasteiger partial charge in [-0.1, -0.05) is 25.5 Å². The number of aryl methyl sites for hydroxylation is 1. The molecule has 0 aliphatic carbocycles. The van der Waals surface area contributed by atoms with Crippen LogP contribution in [0.25, 0.3) is 6.08 Å². The van der Waals surface area contributed by atoms with Crippen molar-refractivity contribution >= 4 is 6.08 Å². The van der Waals surface area contributed by atoms with Gasteiger partial charge in [0.05, 0.1) is 42.7 Å². The molecule has 0 fully saturated rings. The number of benzene rings is 2. The van der Waals surface area contributed by atoms with E-state index in [2.05, 4.69) is 6.92 Å². The second-order valence-electron chi connectivity index (χ2n) is 6.22. The van der Waals surface area contributed by atoms with Gasteiger partial charge in [-0.05, 0) is 31.0 Å². The monoisotopic (exact) mass is 418 g/mol. The fourth-order valence-electron chi connectivity index (χ4n) is 2.92. The molecule has 0 aliphatic rings. The first-order valence-electron chi connectivity index (χ1n) is 9.74. The molecule has 2 aromatic carbocycles. The zero-order valence-corrected chi connectivity index (χ0v) is 19.3. The molecule has 2 rings (SSSR count). The number of allylic oxidation sites excluding steroid dienone is 1. The minimum Gasteiger partial charge on any atom is -0.496 e. The fourth-order valence-corrected chi connectivity index (χ4v) is 2.92. The Hall–Kier alpha value is -3.02. The molecule has 0 saturated heterocycles. The molecule has 0 heterocycles. The van der Waals surface area contributed by atoms with Gasteiger partial charge in [0.2, 0.25) is 0 Å². The smallest absolute Gasteiger partial charge is 0.164 e. The van der Waals surface area contributed by atoms with Crippen molar-refractivity contribution in [3.63, 3.8) is 0 Å². The first-order valence-corrected chi connectivity index (χ1v) is 9.74. The van der Waals surface area contributed by atoms with Crippen LogP contribution in [0.15, 0.2) is 30.3 Å². The minimum absolute atomic E-state index is 0.669. The summed E-state index contributed by atoms with van der Waals surface area (Å²) in [6.07, 6.45) is 5.96. The molecule has 0 N–H and O–H groups in total. The van der Waals surface area contributed by atoms with Crippen molar-refractivity contribution < 1.29 is 28.4 Å². The highest BCUT2D eigenvalue weighted by Gasteiger charge is 2.11. The fraction of sp³-hybridized carbons (Fsp3) is 0.417. The first kappa shape index (κ1) is 25.0. The molecule has 30 heavy (non-hydrogen) atoms. The van der Waals surface area contributed by atoms with E-state index >= 15 is 0 Å². The molecule has 0 unspecified atom stereocenters. The molecule has 0 saturated carbocycles. The van der Waals surface area contributed by atoms with Gasteiger partial charge in [0.1, 0.15) is 11.5 Å². The van der Waals surface area contributed by atoms with E-state index in [1.807, 2.05) is 43.3 Å². The molecule has 2 aromatic rings. The van der Waals surface area contributed by atoms with E-state index in [4.69, 9.17) is 28.4 Å². The normalized spacial score (nSPS) is 10.1. The quantitative estimate of drug-likeness (QED) is 0.543. The van der Waals surface area contributed by atoms with Crippen LogP contribution < -0.4 is 28.4 Å². The van der Waals surface area contributed by atoms with Crippen molar-refractivity contribution in [2.45, 2.75) is 26.7 Å². The van der Waals surface area contributed by atoms with Gasteiger partial charge in [0, 0.05) is 17.7 Å². The van der Waals surface area contributed by atoms with Gasteiger partial charge in [-0.3, -0.25) is 0 Å². The highest BCUT2D eigenvalue weighted by Crippen LogP contribution is 2.36. The summed E-state index contributed by atoms with van der Waals surface area (Å²) in [5.74, 6) is 4.45. The summed E-state index contributed by atoms with van der Waals surface area (Å²) < 4.78 is 31.4. The largest absolute Gasteiger partial charge is 0.496 e. The van der Waals surface area contributed by atoms with Crippen molar-refractivity contribution in [1.29, 1.82) is 0 Å². The van der Waals surface area contributed by atoms with Crippen molar-refractivity contribution in [3.05, 3.63) is 41.5 Å². The van der Waals surface area contributed by atoms with Crippen molar-refractivity contribution in [1.82, 2.24) is 0 Å². The molecule has 0 radical (unpaired) electrons. The summed E-state index contributed by atoms with van der Waals surface area (Å²) in [6, 6.07) is 7.54. The molecule has 0 aliphatic heterocycles. The number of ether oxygens (including phenoxy) is 6. The predicted molar refractivity (Wildman–Crippen MR) is 121 cm³/mol. The highest BCUT2D eigenvalue weighted by atomic mass is 16.5. The van der Waals surface area contributed by atoms with Gasteiger partial charge in [-0.15, -0.1) is 0 Å². The zero-order chi connectivity index (χ0) is 22.5. The summed E-state index contributed by atoms with van der Waals surface area (Å²) in [5, 5.41) is 0. The second-order valence-corrected chi connectivity index (χ2v) is 6.22. The topological polar surface area (TPSA) is 55.4 Å². The Balaban J connectivity index is 0.000000300. The van der Waals surface area contributed by atoms with E-state index in [0.717, 1.165) is 41.2 Å². The van der Waals surface area contributed by atoms with Crippen LogP contribution in [-0.4, -0.2) is 42.7 Å². The molecule has 6 heteroatoms. The molecule has 0 spiro atoms. The standard InChI is InChI=1S/C12H18O3.C12H16O3/c2*1-5-6-9-7-11(14-3)12(15-4)8-10(9)13-2/h7-8H,5-6H2,1-4H3;5-8H,1-4H3/b;6-5-. The third-order valence-corrected chi connectivity index (χ3v) is 4.39. The average molecular weight is 419 g/mol. The van der Waals surface area contributed by atoms with E-state index < -0.39 is 0 Å². The highest BCUT2D eigenvalue weighted by molar-refractivity contribution is 5.63. The molecular weight excluding hydrogens is 384 g/mol. The van der Waals surface area contributed by atoms with Crippen LogP contribution in [0.3, 0.4) is 0 Å². The van der Waals surface area contributed by atoms with Gasteiger partial charge in [0.15, 0.2) is 23.0 Å². The molecular formula is C24H34O6. The van der Waals surface area contributed by atoms with E-state index in [9.17, 15) is 0 Å². The van der Waals surface area contributed by atoms with Crippen LogP contribution in [0.4, 0.5) is 0 Å². The summed E-state index contributed by atoms with van der Waals surface area (Å²) in [6.45, 7) is 4.09. The molecule has 0 bridgehead atoms. The van der Waals surface area contributed by atoms with E-state index in [1.165, 1.54) is 0 Å². The number of hydrogen-bond donors (Lipinski definition) is 0. The van der Waals surface area contributed by atoms with E-state index in [-0.39, 0.29) is 0 Å². The van der Waals surface area contributed by atoms with Crippen LogP contribution in [0, 0.1) is 0 Å². The molecule has 0 aromatic heterocycles. The van der Waals surface area contributed by atoms with Crippen LogP contribution in [0.2, 0.25) is 0 Å². The van der Waals surface area contributed by atoms with Gasteiger partial charge < -0.3 is 28.4 Å². The van der Waals surface area contributed by atoms with Gasteiger partial charge in [-0.2, -0.15) is 0 Å². The number of methoxy groups -OCH3 is 6. The van der Waals surface area contributed by atoms with Crippen LogP contribution in [0.5, 0.6) is 34.5 Å².